The van der Waals surface area contributed by atoms with Crippen LogP contribution in [0.1, 0.15) is 45.1 Å². The van der Waals surface area contributed by atoms with E-state index in [1.165, 1.54) is 0 Å². The zero-order valence-electron chi connectivity index (χ0n) is 13.6. The molecule has 0 aromatic carbocycles. The fourth-order valence-electron chi connectivity index (χ4n) is 2.38. The summed E-state index contributed by atoms with van der Waals surface area (Å²) in [5, 5.41) is 14.8. The number of hydrogen-bond donors (Lipinski definition) is 4. The highest BCUT2D eigenvalue weighted by Crippen LogP contribution is 2.29. The highest BCUT2D eigenvalue weighted by molar-refractivity contribution is 5.89. The van der Waals surface area contributed by atoms with Gasteiger partial charge >= 0.3 is 12.2 Å². The number of carbonyl (C=O) groups excluding carboxylic acids is 1. The summed E-state index contributed by atoms with van der Waals surface area (Å²) in [5.74, 6) is 0. The lowest BCUT2D eigenvalue weighted by Gasteiger charge is -2.27. The molecule has 0 atom stereocenters. The smallest absolute Gasteiger partial charge is 0.388 e. The molecule has 0 saturated heterocycles. The van der Waals surface area contributed by atoms with E-state index in [0.717, 1.165) is 0 Å². The average molecular weight is 349 g/mol. The van der Waals surface area contributed by atoms with Crippen molar-refractivity contribution in [2.75, 3.05) is 11.9 Å². The molecule has 1 rings (SSSR count). The van der Waals surface area contributed by atoms with Crippen LogP contribution in [0.25, 0.3) is 0 Å². The van der Waals surface area contributed by atoms with Crippen LogP contribution in [0.4, 0.5) is 23.7 Å². The third-order valence-electron chi connectivity index (χ3n) is 3.49. The molecular formula is C15H22F3N3O3. The number of halogens is 3. The van der Waals surface area contributed by atoms with Gasteiger partial charge in [0, 0.05) is 12.7 Å². The van der Waals surface area contributed by atoms with Crippen LogP contribution < -0.4 is 16.2 Å². The first-order valence-corrected chi connectivity index (χ1v) is 7.68. The van der Waals surface area contributed by atoms with Crippen LogP contribution in [0.15, 0.2) is 17.1 Å². The molecule has 0 aliphatic carbocycles. The molecule has 4 N–H and O–H groups in total. The fourth-order valence-corrected chi connectivity index (χ4v) is 2.38. The highest BCUT2D eigenvalue weighted by atomic mass is 19.4. The number of aliphatic hydroxyl groups is 1. The van der Waals surface area contributed by atoms with Gasteiger partial charge < -0.3 is 20.7 Å². The maximum Gasteiger partial charge on any atom is 0.417 e. The van der Waals surface area contributed by atoms with Gasteiger partial charge in [-0.05, 0) is 18.9 Å². The van der Waals surface area contributed by atoms with Crippen molar-refractivity contribution in [3.63, 3.8) is 0 Å². The van der Waals surface area contributed by atoms with Crippen LogP contribution in [-0.4, -0.2) is 28.3 Å². The Hall–Kier alpha value is -2.03. The summed E-state index contributed by atoms with van der Waals surface area (Å²) in [4.78, 5) is 25.3. The van der Waals surface area contributed by atoms with Crippen molar-refractivity contribution in [3.05, 3.63) is 28.2 Å². The van der Waals surface area contributed by atoms with Crippen molar-refractivity contribution in [2.24, 2.45) is 0 Å². The molecular weight excluding hydrogens is 327 g/mol. The summed E-state index contributed by atoms with van der Waals surface area (Å²) < 4.78 is 37.9. The van der Waals surface area contributed by atoms with Crippen molar-refractivity contribution < 1.29 is 23.1 Å². The van der Waals surface area contributed by atoms with Crippen LogP contribution in [0, 0.1) is 0 Å². The summed E-state index contributed by atoms with van der Waals surface area (Å²) in [7, 11) is 0. The minimum Gasteiger partial charge on any atom is -0.388 e. The van der Waals surface area contributed by atoms with Crippen molar-refractivity contribution in [3.8, 4) is 0 Å². The van der Waals surface area contributed by atoms with Gasteiger partial charge in [-0.1, -0.05) is 26.7 Å². The number of alkyl halides is 3. The summed E-state index contributed by atoms with van der Waals surface area (Å²) >= 11 is 0. The molecule has 0 aliphatic rings. The molecule has 0 spiro atoms. The molecule has 1 aromatic heterocycles. The molecule has 2 amide bonds. The molecule has 24 heavy (non-hydrogen) atoms. The van der Waals surface area contributed by atoms with E-state index in [9.17, 15) is 27.9 Å². The highest BCUT2D eigenvalue weighted by Gasteiger charge is 2.31. The number of aromatic nitrogens is 1. The summed E-state index contributed by atoms with van der Waals surface area (Å²) in [6, 6.07) is -0.298. The quantitative estimate of drug-likeness (QED) is 0.610. The fraction of sp³-hybridized carbons (Fsp3) is 0.600. The van der Waals surface area contributed by atoms with Crippen LogP contribution in [-0.2, 0) is 6.18 Å². The first-order valence-electron chi connectivity index (χ1n) is 7.68. The van der Waals surface area contributed by atoms with Crippen LogP contribution >= 0.6 is 0 Å². The van der Waals surface area contributed by atoms with Gasteiger partial charge in [0.05, 0.1) is 11.2 Å². The van der Waals surface area contributed by atoms with Gasteiger partial charge in [-0.15, -0.1) is 0 Å². The van der Waals surface area contributed by atoms with E-state index in [4.69, 9.17) is 0 Å². The predicted molar refractivity (Wildman–Crippen MR) is 83.9 cm³/mol. The normalized spacial score (nSPS) is 12.1. The number of anilines is 1. The van der Waals surface area contributed by atoms with E-state index in [1.54, 1.807) is 0 Å². The second-order valence-corrected chi connectivity index (χ2v) is 5.66. The number of rotatable bonds is 7. The molecule has 0 unspecified atom stereocenters. The standard InChI is InChI=1S/C15H22F3N3O3/c1-3-5-14(24,6-4-2)9-20-13(23)21-11-7-10(15(16,17)18)8-19-12(11)22/h7-8,24H,3-6,9H2,1-2H3,(H,19,22)(H2,20,21,23). The Labute approximate surface area is 137 Å². The number of amides is 2. The SMILES string of the molecule is CCCC(O)(CCC)CNC(=O)Nc1cc(C(F)(F)F)c[nH]c1=O. The van der Waals surface area contributed by atoms with Crippen molar-refractivity contribution >= 4 is 11.7 Å². The minimum atomic E-state index is -4.64. The van der Waals surface area contributed by atoms with E-state index in [2.05, 4.69) is 10.6 Å². The van der Waals surface area contributed by atoms with E-state index in [1.807, 2.05) is 18.8 Å². The van der Waals surface area contributed by atoms with Gasteiger partial charge in [0.1, 0.15) is 5.69 Å². The Morgan fingerprint density at radius 3 is 2.33 bits per heavy atom. The number of carbonyl (C=O) groups is 1. The van der Waals surface area contributed by atoms with Gasteiger partial charge in [0.25, 0.3) is 5.56 Å². The third kappa shape index (κ3) is 5.88. The lowest BCUT2D eigenvalue weighted by molar-refractivity contribution is -0.137. The van der Waals surface area contributed by atoms with Crippen LogP contribution in [0.3, 0.4) is 0 Å². The first kappa shape index (κ1) is 20.0. The largest absolute Gasteiger partial charge is 0.417 e. The van der Waals surface area contributed by atoms with Crippen molar-refractivity contribution in [1.29, 1.82) is 0 Å². The maximum absolute atomic E-state index is 12.6. The van der Waals surface area contributed by atoms with Crippen LogP contribution in [0.5, 0.6) is 0 Å². The summed E-state index contributed by atoms with van der Waals surface area (Å²) in [5.41, 5.74) is -3.53. The summed E-state index contributed by atoms with van der Waals surface area (Å²) in [6.45, 7) is 3.73. The van der Waals surface area contributed by atoms with Crippen molar-refractivity contribution in [1.82, 2.24) is 10.3 Å². The molecule has 1 heterocycles. The Balaban J connectivity index is 2.76. The monoisotopic (exact) mass is 349 g/mol. The Morgan fingerprint density at radius 2 is 1.83 bits per heavy atom. The molecule has 0 aliphatic heterocycles. The van der Waals surface area contributed by atoms with E-state index >= 15 is 0 Å². The Kier molecular flexibility index (Phi) is 6.82. The zero-order chi connectivity index (χ0) is 18.4. The van der Waals surface area contributed by atoms with Gasteiger partial charge in [-0.2, -0.15) is 13.2 Å². The maximum atomic E-state index is 12.6. The molecule has 0 fully saturated rings. The Bertz CT molecular complexity index is 608. The van der Waals surface area contributed by atoms with Crippen LogP contribution in [0.2, 0.25) is 0 Å². The Morgan fingerprint density at radius 1 is 1.25 bits per heavy atom. The molecule has 136 valence electrons. The van der Waals surface area contributed by atoms with Crippen molar-refractivity contribution in [2.45, 2.75) is 51.3 Å². The summed E-state index contributed by atoms with van der Waals surface area (Å²) in [6.07, 6.45) is -1.72. The lowest BCUT2D eigenvalue weighted by Crippen LogP contribution is -2.44. The molecule has 0 radical (unpaired) electrons. The topological polar surface area (TPSA) is 94.2 Å². The average Bonchev–Trinajstić information content (AvgIpc) is 2.47. The second kappa shape index (κ2) is 8.18. The molecule has 0 bridgehead atoms. The van der Waals surface area contributed by atoms with Gasteiger partial charge in [-0.25, -0.2) is 4.79 Å². The third-order valence-corrected chi connectivity index (χ3v) is 3.49. The zero-order valence-corrected chi connectivity index (χ0v) is 13.6. The van der Waals surface area contributed by atoms with Gasteiger partial charge in [-0.3, -0.25) is 4.79 Å². The number of urea groups is 1. The molecule has 1 aromatic rings. The van der Waals surface area contributed by atoms with Gasteiger partial charge in [0.15, 0.2) is 0 Å². The lowest BCUT2D eigenvalue weighted by atomic mass is 9.93. The van der Waals surface area contributed by atoms with E-state index < -0.39 is 34.6 Å². The predicted octanol–water partition coefficient (Wildman–Crippen LogP) is 2.85. The van der Waals surface area contributed by atoms with E-state index in [0.29, 0.717) is 37.9 Å². The van der Waals surface area contributed by atoms with Gasteiger partial charge in [0.2, 0.25) is 0 Å². The molecule has 6 nitrogen and oxygen atoms in total. The molecule has 0 saturated carbocycles. The minimum absolute atomic E-state index is 0.0582. The number of aromatic amines is 1. The first-order chi connectivity index (χ1) is 11.1. The van der Waals surface area contributed by atoms with E-state index in [-0.39, 0.29) is 6.54 Å². The number of hydrogen-bond acceptors (Lipinski definition) is 3. The number of nitrogens with one attached hydrogen (secondary N) is 3. The number of H-pyrrole nitrogens is 1. The second-order valence-electron chi connectivity index (χ2n) is 5.66. The molecule has 9 heteroatoms. The number of pyridine rings is 1.